The van der Waals surface area contributed by atoms with Crippen LogP contribution in [0.3, 0.4) is 0 Å². The molecule has 0 spiro atoms. The van der Waals surface area contributed by atoms with Crippen LogP contribution in [0.4, 0.5) is 0 Å². The summed E-state index contributed by atoms with van der Waals surface area (Å²) in [6.45, 7) is 4.94. The molecule has 2 aliphatic rings. The van der Waals surface area contributed by atoms with Gasteiger partial charge in [0.25, 0.3) is 0 Å². The second-order valence-electron chi connectivity index (χ2n) is 7.54. The summed E-state index contributed by atoms with van der Waals surface area (Å²) in [5.74, 6) is 1.52. The first-order chi connectivity index (χ1) is 13.5. The molecule has 146 valence electrons. The van der Waals surface area contributed by atoms with E-state index in [0.29, 0.717) is 17.9 Å². The number of rotatable bonds is 4. The summed E-state index contributed by atoms with van der Waals surface area (Å²) < 4.78 is 11.2. The summed E-state index contributed by atoms with van der Waals surface area (Å²) in [6.07, 6.45) is 1.72. The monoisotopic (exact) mass is 382 g/mol. The first-order valence-corrected chi connectivity index (χ1v) is 9.63. The van der Waals surface area contributed by atoms with Crippen molar-refractivity contribution in [3.63, 3.8) is 0 Å². The Morgan fingerprint density at radius 1 is 1.18 bits per heavy atom. The number of ketones is 1. The number of phenols is 1. The third-order valence-corrected chi connectivity index (χ3v) is 5.55. The molecule has 6 nitrogen and oxygen atoms in total. The third kappa shape index (κ3) is 3.61. The molecule has 4 rings (SSSR count). The lowest BCUT2D eigenvalue weighted by Gasteiger charge is -2.27. The highest BCUT2D eigenvalue weighted by molar-refractivity contribution is 6.15. The maximum absolute atomic E-state index is 12.8. The maximum atomic E-state index is 12.8. The van der Waals surface area contributed by atoms with Gasteiger partial charge in [0.2, 0.25) is 5.78 Å². The van der Waals surface area contributed by atoms with Crippen molar-refractivity contribution in [2.75, 3.05) is 40.3 Å². The number of carbonyl (C=O) groups is 1. The molecule has 28 heavy (non-hydrogen) atoms. The zero-order valence-electron chi connectivity index (χ0n) is 16.2. The Bertz CT molecular complexity index is 930. The van der Waals surface area contributed by atoms with E-state index >= 15 is 0 Å². The van der Waals surface area contributed by atoms with Gasteiger partial charge in [0.05, 0.1) is 25.3 Å². The van der Waals surface area contributed by atoms with Crippen LogP contribution in [0.15, 0.2) is 42.2 Å². The van der Waals surface area contributed by atoms with Gasteiger partial charge in [-0.05, 0) is 35.9 Å². The van der Waals surface area contributed by atoms with Crippen LogP contribution in [-0.4, -0.2) is 51.2 Å². The largest absolute Gasteiger partial charge is 0.507 e. The lowest BCUT2D eigenvalue weighted by Crippen LogP contribution is -3.26. The number of quaternary nitrogens is 2. The van der Waals surface area contributed by atoms with Gasteiger partial charge < -0.3 is 24.4 Å². The molecular formula is C22H26N2O4+2. The Kier molecular flexibility index (Phi) is 5.07. The summed E-state index contributed by atoms with van der Waals surface area (Å²) in [6, 6.07) is 10.7. The molecule has 0 saturated carbocycles. The van der Waals surface area contributed by atoms with Crippen LogP contribution >= 0.6 is 0 Å². The fourth-order valence-corrected chi connectivity index (χ4v) is 3.81. The number of ether oxygens (including phenoxy) is 2. The van der Waals surface area contributed by atoms with E-state index in [0.717, 1.165) is 43.1 Å². The minimum atomic E-state index is -0.156. The van der Waals surface area contributed by atoms with E-state index in [1.807, 2.05) is 24.3 Å². The molecule has 0 unspecified atom stereocenters. The van der Waals surface area contributed by atoms with Crippen LogP contribution in [0.1, 0.15) is 21.5 Å². The minimum Gasteiger partial charge on any atom is -0.507 e. The van der Waals surface area contributed by atoms with Gasteiger partial charge in [0.1, 0.15) is 44.2 Å². The standard InChI is InChI=1S/C22H24N2O4/c1-23-8-10-24(11-9-23)14-18-19(25)7-6-17-21(26)20(28-22(17)18)13-15-4-3-5-16(12-15)27-2/h3-7,12-13,25H,8-11,14H2,1-2H3/p+2/b20-13-. The van der Waals surface area contributed by atoms with E-state index in [1.54, 1.807) is 25.3 Å². The van der Waals surface area contributed by atoms with Crippen LogP contribution in [0.5, 0.6) is 17.2 Å². The second-order valence-corrected chi connectivity index (χ2v) is 7.54. The van der Waals surface area contributed by atoms with Crippen LogP contribution in [0.2, 0.25) is 0 Å². The minimum absolute atomic E-state index is 0.156. The Hall–Kier alpha value is -2.83. The number of hydrogen-bond donors (Lipinski definition) is 3. The number of nitrogens with one attached hydrogen (secondary N) is 2. The van der Waals surface area contributed by atoms with Gasteiger partial charge >= 0.3 is 0 Å². The summed E-state index contributed by atoms with van der Waals surface area (Å²) in [5, 5.41) is 10.4. The van der Waals surface area contributed by atoms with Gasteiger partial charge in [0, 0.05) is 0 Å². The van der Waals surface area contributed by atoms with Crippen molar-refractivity contribution in [3.05, 3.63) is 58.8 Å². The van der Waals surface area contributed by atoms with Gasteiger partial charge in [0.15, 0.2) is 11.5 Å². The highest BCUT2D eigenvalue weighted by Crippen LogP contribution is 2.39. The maximum Gasteiger partial charge on any atom is 0.231 e. The highest BCUT2D eigenvalue weighted by Gasteiger charge is 2.33. The molecule has 0 bridgehead atoms. The number of aromatic hydroxyl groups is 1. The van der Waals surface area contributed by atoms with Crippen LogP contribution in [0.25, 0.3) is 6.08 Å². The molecule has 6 heteroatoms. The van der Waals surface area contributed by atoms with E-state index < -0.39 is 0 Å². The lowest BCUT2D eigenvalue weighted by molar-refractivity contribution is -1.01. The topological polar surface area (TPSA) is 64.6 Å². The highest BCUT2D eigenvalue weighted by atomic mass is 16.5. The third-order valence-electron chi connectivity index (χ3n) is 5.55. The van der Waals surface area contributed by atoms with Gasteiger partial charge in [-0.15, -0.1) is 0 Å². The zero-order chi connectivity index (χ0) is 19.7. The van der Waals surface area contributed by atoms with E-state index in [-0.39, 0.29) is 17.3 Å². The molecule has 2 aliphatic heterocycles. The first-order valence-electron chi connectivity index (χ1n) is 9.63. The fraction of sp³-hybridized carbons (Fsp3) is 0.318. The fourth-order valence-electron chi connectivity index (χ4n) is 3.81. The van der Waals surface area contributed by atoms with Crippen molar-refractivity contribution in [3.8, 4) is 17.2 Å². The quantitative estimate of drug-likeness (QED) is 0.648. The molecule has 0 aromatic heterocycles. The second kappa shape index (κ2) is 7.66. The van der Waals surface area contributed by atoms with Crippen molar-refractivity contribution < 1.29 is 29.2 Å². The average molecular weight is 382 g/mol. The van der Waals surface area contributed by atoms with E-state index in [4.69, 9.17) is 9.47 Å². The van der Waals surface area contributed by atoms with Crippen molar-refractivity contribution in [1.82, 2.24) is 0 Å². The number of Topliss-reactive ketones (excluding diaryl/α,β-unsaturated/α-hetero) is 1. The summed E-state index contributed by atoms with van der Waals surface area (Å²) in [7, 11) is 3.81. The number of piperazine rings is 1. The van der Waals surface area contributed by atoms with E-state index in [1.165, 1.54) is 9.80 Å². The van der Waals surface area contributed by atoms with Crippen LogP contribution in [-0.2, 0) is 6.54 Å². The van der Waals surface area contributed by atoms with Crippen molar-refractivity contribution in [2.24, 2.45) is 0 Å². The van der Waals surface area contributed by atoms with E-state index in [9.17, 15) is 9.90 Å². The van der Waals surface area contributed by atoms with Crippen LogP contribution in [0, 0.1) is 0 Å². The summed E-state index contributed by atoms with van der Waals surface area (Å²) in [4.78, 5) is 15.8. The number of allylic oxidation sites excluding steroid dienone is 1. The molecule has 1 saturated heterocycles. The summed E-state index contributed by atoms with van der Waals surface area (Å²) in [5.41, 5.74) is 2.06. The summed E-state index contributed by atoms with van der Waals surface area (Å²) >= 11 is 0. The zero-order valence-corrected chi connectivity index (χ0v) is 16.2. The Morgan fingerprint density at radius 3 is 2.71 bits per heavy atom. The molecule has 2 aromatic carbocycles. The molecule has 1 fully saturated rings. The number of carbonyl (C=O) groups excluding carboxylic acids is 1. The number of phenolic OH excluding ortho intramolecular Hbond substituents is 1. The van der Waals surface area contributed by atoms with Gasteiger partial charge in [-0.25, -0.2) is 0 Å². The number of benzene rings is 2. The van der Waals surface area contributed by atoms with Crippen molar-refractivity contribution >= 4 is 11.9 Å². The Balaban J connectivity index is 1.62. The van der Waals surface area contributed by atoms with Crippen LogP contribution < -0.4 is 19.3 Å². The first kappa shape index (κ1) is 18.5. The molecule has 3 N–H and O–H groups in total. The van der Waals surface area contributed by atoms with Crippen molar-refractivity contribution in [2.45, 2.75) is 6.54 Å². The molecule has 0 atom stereocenters. The Labute approximate surface area is 164 Å². The number of fused-ring (bicyclic) bond motifs is 1. The lowest BCUT2D eigenvalue weighted by atomic mass is 10.0. The average Bonchev–Trinajstić information content (AvgIpc) is 3.01. The molecule has 2 heterocycles. The normalized spacial score (nSPS) is 22.8. The molecule has 0 radical (unpaired) electrons. The van der Waals surface area contributed by atoms with E-state index in [2.05, 4.69) is 7.05 Å². The number of hydrogen-bond acceptors (Lipinski definition) is 4. The number of likely N-dealkylation sites (N-methyl/N-ethyl adjacent to an activating group) is 1. The van der Waals surface area contributed by atoms with Gasteiger partial charge in [-0.1, -0.05) is 12.1 Å². The molecule has 0 amide bonds. The molecule has 2 aromatic rings. The molecular weight excluding hydrogens is 356 g/mol. The number of methoxy groups -OCH3 is 1. The van der Waals surface area contributed by atoms with Gasteiger partial charge in [-0.3, -0.25) is 4.79 Å². The van der Waals surface area contributed by atoms with Gasteiger partial charge in [-0.2, -0.15) is 0 Å². The predicted molar refractivity (Wildman–Crippen MR) is 105 cm³/mol. The Morgan fingerprint density at radius 2 is 1.96 bits per heavy atom. The SMILES string of the molecule is COc1cccc(/C=C2\Oc3c(ccc(O)c3C[NH+]3CC[NH+](C)CC3)C2=O)c1. The molecule has 0 aliphatic carbocycles. The van der Waals surface area contributed by atoms with Crippen molar-refractivity contribution in [1.29, 1.82) is 0 Å². The predicted octanol–water partition coefficient (Wildman–Crippen LogP) is -0.0698. The smallest absolute Gasteiger partial charge is 0.231 e.